The highest BCUT2D eigenvalue weighted by atomic mass is 15.4. The van der Waals surface area contributed by atoms with E-state index in [2.05, 4.69) is 40.3 Å². The number of fused-ring (bicyclic) bond motifs is 1. The smallest absolute Gasteiger partial charge is 0.220 e. The van der Waals surface area contributed by atoms with Crippen molar-refractivity contribution < 1.29 is 0 Å². The summed E-state index contributed by atoms with van der Waals surface area (Å²) in [6, 6.07) is 7.05. The number of hydrogen-bond donors (Lipinski definition) is 3. The molecule has 0 radical (unpaired) electrons. The normalized spacial score (nSPS) is 25.5. The van der Waals surface area contributed by atoms with E-state index < -0.39 is 0 Å². The minimum Gasteiger partial charge on any atom is -0.382 e. The second-order valence-electron chi connectivity index (χ2n) is 7.24. The lowest BCUT2D eigenvalue weighted by Crippen LogP contribution is -2.58. The zero-order valence-electron chi connectivity index (χ0n) is 14.3. The standard InChI is InChI=1S/C18H26N6/c1-12-5-6-13-11-14(7-8-15(13)21-12)24-17(20)22-16(19)23-18(24)9-3-2-4-10-18/h7-8,11-12,21H,2-6,9-10H2,1H3,(H4,19,20,22,23). The molecule has 4 rings (SSSR count). The molecule has 0 bridgehead atoms. The summed E-state index contributed by atoms with van der Waals surface area (Å²) in [4.78, 5) is 11.1. The van der Waals surface area contributed by atoms with Gasteiger partial charge < -0.3 is 16.8 Å². The second-order valence-corrected chi connectivity index (χ2v) is 7.24. The average molecular weight is 326 g/mol. The van der Waals surface area contributed by atoms with Crippen LogP contribution in [0.4, 0.5) is 11.4 Å². The first-order valence-corrected chi connectivity index (χ1v) is 8.97. The van der Waals surface area contributed by atoms with Gasteiger partial charge in [-0.2, -0.15) is 4.99 Å². The third-order valence-corrected chi connectivity index (χ3v) is 5.45. The Labute approximate surface area is 143 Å². The van der Waals surface area contributed by atoms with E-state index in [1.807, 2.05) is 0 Å². The summed E-state index contributed by atoms with van der Waals surface area (Å²) in [5.74, 6) is 0.764. The van der Waals surface area contributed by atoms with Crippen LogP contribution in [-0.4, -0.2) is 23.6 Å². The van der Waals surface area contributed by atoms with Crippen LogP contribution in [-0.2, 0) is 6.42 Å². The first-order chi connectivity index (χ1) is 11.6. The van der Waals surface area contributed by atoms with Gasteiger partial charge in [-0.15, -0.1) is 0 Å². The van der Waals surface area contributed by atoms with Crippen LogP contribution >= 0.6 is 0 Å². The lowest BCUT2D eigenvalue weighted by molar-refractivity contribution is 0.305. The Bertz CT molecular complexity index is 701. The van der Waals surface area contributed by atoms with Crippen molar-refractivity contribution in [2.24, 2.45) is 21.5 Å². The van der Waals surface area contributed by atoms with Crippen LogP contribution in [0, 0.1) is 0 Å². The largest absolute Gasteiger partial charge is 0.382 e. The van der Waals surface area contributed by atoms with Crippen LogP contribution in [0.5, 0.6) is 0 Å². The van der Waals surface area contributed by atoms with E-state index >= 15 is 0 Å². The average Bonchev–Trinajstić information content (AvgIpc) is 2.55. The van der Waals surface area contributed by atoms with Crippen molar-refractivity contribution >= 4 is 23.3 Å². The summed E-state index contributed by atoms with van der Waals surface area (Å²) in [6.07, 6.45) is 7.70. The van der Waals surface area contributed by atoms with Gasteiger partial charge in [-0.05, 0) is 69.2 Å². The number of aliphatic imine (C=N–C) groups is 2. The quantitative estimate of drug-likeness (QED) is 0.739. The second kappa shape index (κ2) is 5.69. The fraction of sp³-hybridized carbons (Fsp3) is 0.556. The van der Waals surface area contributed by atoms with Crippen LogP contribution in [0.3, 0.4) is 0 Å². The number of aryl methyl sites for hydroxylation is 1. The molecular weight excluding hydrogens is 300 g/mol. The first-order valence-electron chi connectivity index (χ1n) is 8.97. The van der Waals surface area contributed by atoms with Crippen molar-refractivity contribution in [3.8, 4) is 0 Å². The molecule has 0 aromatic heterocycles. The minimum atomic E-state index is -0.363. The van der Waals surface area contributed by atoms with Crippen molar-refractivity contribution in [3.63, 3.8) is 0 Å². The van der Waals surface area contributed by atoms with Crippen molar-refractivity contribution in [2.75, 3.05) is 10.2 Å². The van der Waals surface area contributed by atoms with Crippen molar-refractivity contribution in [1.29, 1.82) is 0 Å². The Hall–Kier alpha value is -2.24. The Morgan fingerprint density at radius 2 is 2.00 bits per heavy atom. The Balaban J connectivity index is 1.75. The van der Waals surface area contributed by atoms with E-state index in [0.717, 1.165) is 44.2 Å². The van der Waals surface area contributed by atoms with E-state index in [-0.39, 0.29) is 5.66 Å². The maximum absolute atomic E-state index is 6.30. The first kappa shape index (κ1) is 15.3. The molecule has 6 nitrogen and oxygen atoms in total. The number of rotatable bonds is 1. The molecule has 1 saturated carbocycles. The summed E-state index contributed by atoms with van der Waals surface area (Å²) in [6.45, 7) is 2.22. The number of nitrogens with one attached hydrogen (secondary N) is 1. The summed E-state index contributed by atoms with van der Waals surface area (Å²) in [5.41, 5.74) is 15.5. The highest BCUT2D eigenvalue weighted by Crippen LogP contribution is 2.40. The molecule has 1 aromatic carbocycles. The molecule has 24 heavy (non-hydrogen) atoms. The molecule has 1 fully saturated rings. The molecule has 0 amide bonds. The molecule has 1 atom stereocenters. The Kier molecular flexibility index (Phi) is 3.62. The van der Waals surface area contributed by atoms with Crippen molar-refractivity contribution in [2.45, 2.75) is 63.6 Å². The molecule has 1 spiro atoms. The number of guanidine groups is 2. The number of benzene rings is 1. The molecule has 2 heterocycles. The summed E-state index contributed by atoms with van der Waals surface area (Å²) in [7, 11) is 0. The summed E-state index contributed by atoms with van der Waals surface area (Å²) >= 11 is 0. The predicted octanol–water partition coefficient (Wildman–Crippen LogP) is 2.54. The Morgan fingerprint density at radius 1 is 1.21 bits per heavy atom. The fourth-order valence-electron chi connectivity index (χ4n) is 4.27. The lowest BCUT2D eigenvalue weighted by atomic mass is 9.87. The van der Waals surface area contributed by atoms with E-state index in [1.54, 1.807) is 0 Å². The minimum absolute atomic E-state index is 0.305. The highest BCUT2D eigenvalue weighted by molar-refractivity contribution is 6.05. The van der Waals surface area contributed by atoms with Crippen LogP contribution < -0.4 is 21.7 Å². The van der Waals surface area contributed by atoms with Gasteiger partial charge in [-0.25, -0.2) is 4.99 Å². The van der Waals surface area contributed by atoms with Gasteiger partial charge in [-0.1, -0.05) is 6.42 Å². The number of nitrogens with zero attached hydrogens (tertiary/aromatic N) is 3. The molecule has 1 aliphatic carbocycles. The fourth-order valence-corrected chi connectivity index (χ4v) is 4.27. The van der Waals surface area contributed by atoms with E-state index in [0.29, 0.717) is 18.0 Å². The predicted molar refractivity (Wildman–Crippen MR) is 99.4 cm³/mol. The van der Waals surface area contributed by atoms with Gasteiger partial charge in [0, 0.05) is 17.4 Å². The summed E-state index contributed by atoms with van der Waals surface area (Å²) in [5, 5.41) is 3.55. The van der Waals surface area contributed by atoms with Gasteiger partial charge in [0.05, 0.1) is 0 Å². The van der Waals surface area contributed by atoms with Crippen LogP contribution in [0.25, 0.3) is 0 Å². The lowest BCUT2D eigenvalue weighted by Gasteiger charge is -2.45. The molecule has 128 valence electrons. The molecule has 6 heteroatoms. The molecule has 3 aliphatic rings. The molecular formula is C18H26N6. The van der Waals surface area contributed by atoms with E-state index in [1.165, 1.54) is 17.7 Å². The van der Waals surface area contributed by atoms with E-state index in [9.17, 15) is 0 Å². The van der Waals surface area contributed by atoms with Crippen LogP contribution in [0.15, 0.2) is 28.2 Å². The third kappa shape index (κ3) is 2.50. The van der Waals surface area contributed by atoms with E-state index in [4.69, 9.17) is 16.5 Å². The molecule has 1 unspecified atom stereocenters. The monoisotopic (exact) mass is 326 g/mol. The summed E-state index contributed by atoms with van der Waals surface area (Å²) < 4.78 is 0. The highest BCUT2D eigenvalue weighted by Gasteiger charge is 2.42. The van der Waals surface area contributed by atoms with Crippen LogP contribution in [0.1, 0.15) is 51.0 Å². The van der Waals surface area contributed by atoms with Crippen LogP contribution in [0.2, 0.25) is 0 Å². The number of nitrogens with two attached hydrogens (primary N) is 2. The zero-order valence-corrected chi connectivity index (χ0v) is 14.3. The molecule has 0 saturated heterocycles. The molecule has 5 N–H and O–H groups in total. The van der Waals surface area contributed by atoms with Crippen molar-refractivity contribution in [1.82, 2.24) is 0 Å². The maximum atomic E-state index is 6.30. The zero-order chi connectivity index (χ0) is 16.7. The van der Waals surface area contributed by atoms with Crippen molar-refractivity contribution in [3.05, 3.63) is 23.8 Å². The van der Waals surface area contributed by atoms with Gasteiger partial charge in [-0.3, -0.25) is 4.90 Å². The number of anilines is 2. The Morgan fingerprint density at radius 3 is 2.79 bits per heavy atom. The SMILES string of the molecule is CC1CCc2cc(N3C(N)=NC(N)=NC34CCCCC4)ccc2N1. The van der Waals surface area contributed by atoms with Gasteiger partial charge in [0.25, 0.3) is 0 Å². The van der Waals surface area contributed by atoms with Gasteiger partial charge in [0.15, 0.2) is 0 Å². The van der Waals surface area contributed by atoms with Gasteiger partial charge in [0.2, 0.25) is 11.9 Å². The molecule has 2 aliphatic heterocycles. The maximum Gasteiger partial charge on any atom is 0.220 e. The molecule has 1 aromatic rings. The van der Waals surface area contributed by atoms with Gasteiger partial charge >= 0.3 is 0 Å². The third-order valence-electron chi connectivity index (χ3n) is 5.45. The van der Waals surface area contributed by atoms with Gasteiger partial charge in [0.1, 0.15) is 5.66 Å². The topological polar surface area (TPSA) is 92.0 Å². The number of hydrogen-bond acceptors (Lipinski definition) is 6.